The second-order valence-electron chi connectivity index (χ2n) is 2.33. The summed E-state index contributed by atoms with van der Waals surface area (Å²) in [4.78, 5) is 0. The fourth-order valence-corrected chi connectivity index (χ4v) is 1.51. The topological polar surface area (TPSA) is 38.0 Å². The maximum Gasteiger partial charge on any atom is 0.0750 e. The summed E-state index contributed by atoms with van der Waals surface area (Å²) in [5.74, 6) is 0. The molecule has 1 rings (SSSR count). The van der Waals surface area contributed by atoms with Gasteiger partial charge in [0, 0.05) is 11.7 Å². The quantitative estimate of drug-likeness (QED) is 0.529. The van der Waals surface area contributed by atoms with Crippen LogP contribution in [0.5, 0.6) is 0 Å². The van der Waals surface area contributed by atoms with Crippen LogP contribution in [0, 0.1) is 0 Å². The van der Waals surface area contributed by atoms with Crippen LogP contribution in [0.4, 0.5) is 0 Å². The molecule has 0 amide bonds. The van der Waals surface area contributed by atoms with Crippen molar-refractivity contribution >= 4 is 11.8 Å². The molecule has 1 aliphatic rings. The number of rotatable bonds is 0. The van der Waals surface area contributed by atoms with E-state index in [2.05, 4.69) is 24.6 Å². The predicted molar refractivity (Wildman–Crippen MR) is 41.9 cm³/mol. The molecular formula is C6H12N2S. The lowest BCUT2D eigenvalue weighted by Crippen LogP contribution is -2.41. The third-order valence-corrected chi connectivity index (χ3v) is 2.56. The maximum absolute atomic E-state index is 5.70. The molecule has 3 N–H and O–H groups in total. The van der Waals surface area contributed by atoms with Gasteiger partial charge >= 0.3 is 0 Å². The van der Waals surface area contributed by atoms with Crippen LogP contribution in [0.3, 0.4) is 0 Å². The minimum Gasteiger partial charge on any atom is -0.383 e. The van der Waals surface area contributed by atoms with Crippen LogP contribution >= 0.6 is 11.8 Å². The lowest BCUT2D eigenvalue weighted by molar-refractivity contribution is 0.590. The minimum absolute atomic E-state index is 0.216. The highest BCUT2D eigenvalue weighted by Crippen LogP contribution is 2.18. The molecule has 9 heavy (non-hydrogen) atoms. The first-order valence-electron chi connectivity index (χ1n) is 3.04. The maximum atomic E-state index is 5.70. The van der Waals surface area contributed by atoms with E-state index < -0.39 is 0 Å². The molecule has 0 saturated carbocycles. The van der Waals surface area contributed by atoms with E-state index in [1.165, 1.54) is 5.70 Å². The molecule has 0 aliphatic carbocycles. The normalized spacial score (nSPS) is 35.2. The summed E-state index contributed by atoms with van der Waals surface area (Å²) in [7, 11) is 0. The Balaban J connectivity index is 2.54. The summed E-state index contributed by atoms with van der Waals surface area (Å²) in [6.07, 6.45) is 0. The van der Waals surface area contributed by atoms with Crippen LogP contribution in [0.15, 0.2) is 11.1 Å². The summed E-state index contributed by atoms with van der Waals surface area (Å²) in [6.45, 7) is 4.14. The fraction of sp³-hybridized carbons (Fsp3) is 0.667. The molecule has 3 heteroatoms. The monoisotopic (exact) mass is 144 g/mol. The first-order valence-corrected chi connectivity index (χ1v) is 3.99. The molecule has 1 heterocycles. The lowest BCUT2D eigenvalue weighted by atomic mass is 10.3. The van der Waals surface area contributed by atoms with E-state index in [1.807, 2.05) is 0 Å². The fourth-order valence-electron chi connectivity index (χ4n) is 0.774. The second-order valence-corrected chi connectivity index (χ2v) is 3.39. The Morgan fingerprint density at radius 3 is 2.89 bits per heavy atom. The van der Waals surface area contributed by atoms with Gasteiger partial charge in [0.15, 0.2) is 0 Å². The van der Waals surface area contributed by atoms with Crippen molar-refractivity contribution in [2.24, 2.45) is 5.73 Å². The Hall–Kier alpha value is -0.150. The van der Waals surface area contributed by atoms with E-state index in [0.29, 0.717) is 6.04 Å². The first-order chi connectivity index (χ1) is 4.20. The third kappa shape index (κ3) is 1.63. The van der Waals surface area contributed by atoms with E-state index in [0.717, 1.165) is 0 Å². The van der Waals surface area contributed by atoms with E-state index in [9.17, 15) is 0 Å². The predicted octanol–water partition coefficient (Wildman–Crippen LogP) is 0.857. The molecule has 2 unspecified atom stereocenters. The Morgan fingerprint density at radius 2 is 2.44 bits per heavy atom. The van der Waals surface area contributed by atoms with Gasteiger partial charge in [-0.05, 0) is 19.3 Å². The number of nitrogens with one attached hydrogen (secondary N) is 1. The molecule has 1 aliphatic heterocycles. The summed E-state index contributed by atoms with van der Waals surface area (Å²) >= 11 is 1.69. The lowest BCUT2D eigenvalue weighted by Gasteiger charge is -2.25. The van der Waals surface area contributed by atoms with Gasteiger partial charge in [-0.2, -0.15) is 0 Å². The van der Waals surface area contributed by atoms with Gasteiger partial charge in [-0.1, -0.05) is 0 Å². The molecule has 2 nitrogen and oxygen atoms in total. The van der Waals surface area contributed by atoms with Crippen LogP contribution in [0.2, 0.25) is 0 Å². The van der Waals surface area contributed by atoms with Crippen molar-refractivity contribution in [1.82, 2.24) is 5.32 Å². The molecule has 0 saturated heterocycles. The average Bonchev–Trinajstić information content (AvgIpc) is 1.80. The Bertz CT molecular complexity index is 133. The van der Waals surface area contributed by atoms with Crippen LogP contribution in [-0.2, 0) is 0 Å². The summed E-state index contributed by atoms with van der Waals surface area (Å²) in [5, 5.41) is 5.52. The van der Waals surface area contributed by atoms with Crippen LogP contribution < -0.4 is 11.1 Å². The zero-order chi connectivity index (χ0) is 6.85. The summed E-state index contributed by atoms with van der Waals surface area (Å²) in [5.41, 5.74) is 6.91. The second kappa shape index (κ2) is 2.62. The smallest absolute Gasteiger partial charge is 0.0750 e. The van der Waals surface area contributed by atoms with Crippen molar-refractivity contribution in [3.63, 3.8) is 0 Å². The molecule has 0 aromatic heterocycles. The first kappa shape index (κ1) is 6.96. The molecule has 0 fully saturated rings. The molecule has 52 valence electrons. The average molecular weight is 144 g/mol. The Labute approximate surface area is 59.9 Å². The van der Waals surface area contributed by atoms with E-state index in [4.69, 9.17) is 5.73 Å². The summed E-state index contributed by atoms with van der Waals surface area (Å²) in [6, 6.07) is 0.403. The van der Waals surface area contributed by atoms with Crippen molar-refractivity contribution in [2.45, 2.75) is 25.3 Å². The van der Waals surface area contributed by atoms with Crippen molar-refractivity contribution in [3.8, 4) is 0 Å². The number of hydrogen-bond donors (Lipinski definition) is 2. The molecule has 0 spiro atoms. The highest BCUT2D eigenvalue weighted by molar-refractivity contribution is 8.02. The van der Waals surface area contributed by atoms with Crippen molar-refractivity contribution in [1.29, 1.82) is 0 Å². The molecule has 2 atom stereocenters. The van der Waals surface area contributed by atoms with Gasteiger partial charge in [0.25, 0.3) is 0 Å². The molecule has 0 aromatic carbocycles. The molecule has 0 radical (unpaired) electrons. The van der Waals surface area contributed by atoms with E-state index >= 15 is 0 Å². The van der Waals surface area contributed by atoms with Gasteiger partial charge in [0.2, 0.25) is 0 Å². The van der Waals surface area contributed by atoms with Crippen LogP contribution in [0.25, 0.3) is 0 Å². The SMILES string of the molecule is CC1=CSC(N)C(C)N1. The zero-order valence-corrected chi connectivity index (χ0v) is 6.53. The van der Waals surface area contributed by atoms with E-state index in [-0.39, 0.29) is 5.37 Å². The van der Waals surface area contributed by atoms with Crippen LogP contribution in [-0.4, -0.2) is 11.4 Å². The molecule has 0 bridgehead atoms. The van der Waals surface area contributed by atoms with Crippen molar-refractivity contribution in [3.05, 3.63) is 11.1 Å². The van der Waals surface area contributed by atoms with Gasteiger partial charge in [0.1, 0.15) is 0 Å². The van der Waals surface area contributed by atoms with Crippen molar-refractivity contribution in [2.75, 3.05) is 0 Å². The van der Waals surface area contributed by atoms with Gasteiger partial charge in [-0.15, -0.1) is 11.8 Å². The van der Waals surface area contributed by atoms with Crippen LogP contribution in [0.1, 0.15) is 13.8 Å². The minimum atomic E-state index is 0.216. The van der Waals surface area contributed by atoms with Gasteiger partial charge in [0.05, 0.1) is 5.37 Å². The highest BCUT2D eigenvalue weighted by Gasteiger charge is 2.15. The number of thioether (sulfide) groups is 1. The Morgan fingerprint density at radius 1 is 1.78 bits per heavy atom. The van der Waals surface area contributed by atoms with Gasteiger partial charge in [-0.3, -0.25) is 0 Å². The largest absolute Gasteiger partial charge is 0.383 e. The molecular weight excluding hydrogens is 132 g/mol. The molecule has 0 aromatic rings. The number of hydrogen-bond acceptors (Lipinski definition) is 3. The van der Waals surface area contributed by atoms with E-state index in [1.54, 1.807) is 11.8 Å². The van der Waals surface area contributed by atoms with Crippen molar-refractivity contribution < 1.29 is 0 Å². The standard InChI is InChI=1S/C6H12N2S/c1-4-3-9-6(7)5(2)8-4/h3,5-6,8H,7H2,1-2H3. The zero-order valence-electron chi connectivity index (χ0n) is 5.72. The number of allylic oxidation sites excluding steroid dienone is 1. The Kier molecular flexibility index (Phi) is 2.03. The number of nitrogens with two attached hydrogens (primary N) is 1. The van der Waals surface area contributed by atoms with Gasteiger partial charge in [-0.25, -0.2) is 0 Å². The highest BCUT2D eigenvalue weighted by atomic mass is 32.2. The van der Waals surface area contributed by atoms with Gasteiger partial charge < -0.3 is 11.1 Å². The summed E-state index contributed by atoms with van der Waals surface area (Å²) < 4.78 is 0. The third-order valence-electron chi connectivity index (χ3n) is 1.35.